The quantitative estimate of drug-likeness (QED) is 0.719. The lowest BCUT2D eigenvalue weighted by atomic mass is 9.95. The van der Waals surface area contributed by atoms with Gasteiger partial charge in [0, 0.05) is 6.04 Å². The first-order chi connectivity index (χ1) is 6.84. The van der Waals surface area contributed by atoms with Crippen LogP contribution in [0.4, 0.5) is 10.1 Å². The summed E-state index contributed by atoms with van der Waals surface area (Å²) in [7, 11) is 0. The van der Waals surface area contributed by atoms with E-state index in [1.54, 1.807) is 12.1 Å². The molecule has 0 spiro atoms. The number of hydrogen-bond acceptors (Lipinski definition) is 1. The number of fused-ring (bicyclic) bond motifs is 1. The molecule has 14 heavy (non-hydrogen) atoms. The molecule has 1 atom stereocenters. The Hall–Kier alpha value is -1.05. The van der Waals surface area contributed by atoms with Crippen LogP contribution in [0.5, 0.6) is 0 Å². The van der Waals surface area contributed by atoms with E-state index in [4.69, 9.17) is 0 Å². The minimum absolute atomic E-state index is 0.0900. The number of anilines is 1. The molecule has 1 N–H and O–H groups in total. The lowest BCUT2D eigenvalue weighted by Crippen LogP contribution is -2.27. The highest BCUT2D eigenvalue weighted by Gasteiger charge is 2.33. The first-order valence-corrected chi connectivity index (χ1v) is 5.38. The number of aryl methyl sites for hydroxylation is 1. The molecule has 2 heteroatoms. The lowest BCUT2D eigenvalue weighted by Gasteiger charge is -2.27. The maximum absolute atomic E-state index is 13.5. The summed E-state index contributed by atoms with van der Waals surface area (Å²) in [5, 5.41) is 3.35. The average molecular weight is 191 g/mol. The van der Waals surface area contributed by atoms with Crippen molar-refractivity contribution in [3.05, 3.63) is 29.6 Å². The Morgan fingerprint density at radius 2 is 2.07 bits per heavy atom. The fourth-order valence-corrected chi connectivity index (χ4v) is 2.36. The normalized spacial score (nSPS) is 25.4. The summed E-state index contributed by atoms with van der Waals surface area (Å²) in [4.78, 5) is 0. The fraction of sp³-hybridized carbons (Fsp3) is 0.500. The molecule has 1 unspecified atom stereocenters. The molecule has 2 aliphatic rings. The van der Waals surface area contributed by atoms with Crippen LogP contribution in [0.25, 0.3) is 0 Å². The fourth-order valence-electron chi connectivity index (χ4n) is 2.36. The third-order valence-corrected chi connectivity index (χ3v) is 3.35. The standard InChI is InChI=1S/C12H14FN/c13-10-3-1-2-9-6-7-11(8-4-5-8)14-12(9)10/h1-3,8,11,14H,4-7H2. The Morgan fingerprint density at radius 1 is 1.21 bits per heavy atom. The van der Waals surface area contributed by atoms with Crippen molar-refractivity contribution in [2.75, 3.05) is 5.32 Å². The van der Waals surface area contributed by atoms with Gasteiger partial charge in [0.1, 0.15) is 5.82 Å². The van der Waals surface area contributed by atoms with Crippen LogP contribution in [0.3, 0.4) is 0 Å². The Bertz CT molecular complexity index is 357. The SMILES string of the molecule is Fc1cccc2c1NC(C1CC1)CC2. The molecule has 1 heterocycles. The van der Waals surface area contributed by atoms with E-state index in [0.717, 1.165) is 23.6 Å². The lowest BCUT2D eigenvalue weighted by molar-refractivity contribution is 0.551. The van der Waals surface area contributed by atoms with Crippen LogP contribution in [0.2, 0.25) is 0 Å². The third kappa shape index (κ3) is 1.29. The molecule has 0 aromatic heterocycles. The van der Waals surface area contributed by atoms with Gasteiger partial charge >= 0.3 is 0 Å². The summed E-state index contributed by atoms with van der Waals surface area (Å²) < 4.78 is 13.5. The van der Waals surface area contributed by atoms with Gasteiger partial charge in [-0.25, -0.2) is 4.39 Å². The highest BCUT2D eigenvalue weighted by molar-refractivity contribution is 5.55. The van der Waals surface area contributed by atoms with Gasteiger partial charge in [0.2, 0.25) is 0 Å². The monoisotopic (exact) mass is 191 g/mol. The van der Waals surface area contributed by atoms with Gasteiger partial charge in [0.25, 0.3) is 0 Å². The van der Waals surface area contributed by atoms with Crippen LogP contribution in [-0.2, 0) is 6.42 Å². The molecular formula is C12H14FN. The summed E-state index contributed by atoms with van der Waals surface area (Å²) in [5.41, 5.74) is 1.90. The average Bonchev–Trinajstić information content (AvgIpc) is 3.01. The van der Waals surface area contributed by atoms with Crippen molar-refractivity contribution in [3.8, 4) is 0 Å². The Balaban J connectivity index is 1.91. The molecule has 1 saturated carbocycles. The van der Waals surface area contributed by atoms with Crippen molar-refractivity contribution in [3.63, 3.8) is 0 Å². The third-order valence-electron chi connectivity index (χ3n) is 3.35. The first kappa shape index (κ1) is 8.27. The summed E-state index contributed by atoms with van der Waals surface area (Å²) in [6.45, 7) is 0. The van der Waals surface area contributed by atoms with Gasteiger partial charge in [-0.05, 0) is 43.2 Å². The van der Waals surface area contributed by atoms with Crippen molar-refractivity contribution in [1.29, 1.82) is 0 Å². The molecule has 3 rings (SSSR count). The minimum atomic E-state index is -0.0900. The van der Waals surface area contributed by atoms with E-state index >= 15 is 0 Å². The maximum atomic E-state index is 13.5. The second-order valence-corrected chi connectivity index (χ2v) is 4.40. The van der Waals surface area contributed by atoms with Crippen LogP contribution in [0, 0.1) is 11.7 Å². The largest absolute Gasteiger partial charge is 0.379 e. The molecule has 0 saturated heterocycles. The van der Waals surface area contributed by atoms with Gasteiger partial charge in [-0.3, -0.25) is 0 Å². The Kier molecular flexibility index (Phi) is 1.76. The van der Waals surface area contributed by atoms with Crippen molar-refractivity contribution in [2.45, 2.75) is 31.7 Å². The number of rotatable bonds is 1. The van der Waals surface area contributed by atoms with E-state index in [1.165, 1.54) is 19.3 Å². The van der Waals surface area contributed by atoms with Crippen LogP contribution < -0.4 is 5.32 Å². The molecule has 1 aliphatic heterocycles. The smallest absolute Gasteiger partial charge is 0.146 e. The van der Waals surface area contributed by atoms with Gasteiger partial charge in [-0.15, -0.1) is 0 Å². The van der Waals surface area contributed by atoms with E-state index in [1.807, 2.05) is 6.07 Å². The summed E-state index contributed by atoms with van der Waals surface area (Å²) in [6, 6.07) is 5.89. The second kappa shape index (κ2) is 2.97. The Morgan fingerprint density at radius 3 is 2.86 bits per heavy atom. The second-order valence-electron chi connectivity index (χ2n) is 4.40. The van der Waals surface area contributed by atoms with Gasteiger partial charge < -0.3 is 5.32 Å². The molecule has 1 nitrogen and oxygen atoms in total. The van der Waals surface area contributed by atoms with Gasteiger partial charge in [-0.2, -0.15) is 0 Å². The van der Waals surface area contributed by atoms with Crippen molar-refractivity contribution in [1.82, 2.24) is 0 Å². The van der Waals surface area contributed by atoms with Crippen LogP contribution >= 0.6 is 0 Å². The molecule has 1 aromatic rings. The van der Waals surface area contributed by atoms with Crippen molar-refractivity contribution >= 4 is 5.69 Å². The summed E-state index contributed by atoms with van der Waals surface area (Å²) >= 11 is 0. The summed E-state index contributed by atoms with van der Waals surface area (Å²) in [6.07, 6.45) is 4.84. The minimum Gasteiger partial charge on any atom is -0.379 e. The van der Waals surface area contributed by atoms with Gasteiger partial charge in [-0.1, -0.05) is 12.1 Å². The van der Waals surface area contributed by atoms with Gasteiger partial charge in [0.15, 0.2) is 0 Å². The highest BCUT2D eigenvalue weighted by Crippen LogP contribution is 2.39. The predicted octanol–water partition coefficient (Wildman–Crippen LogP) is 2.96. The number of benzene rings is 1. The molecular weight excluding hydrogens is 177 g/mol. The zero-order chi connectivity index (χ0) is 9.54. The highest BCUT2D eigenvalue weighted by atomic mass is 19.1. The van der Waals surface area contributed by atoms with E-state index in [0.29, 0.717) is 6.04 Å². The molecule has 1 fully saturated rings. The van der Waals surface area contributed by atoms with E-state index in [9.17, 15) is 4.39 Å². The number of para-hydroxylation sites is 1. The van der Waals surface area contributed by atoms with Crippen molar-refractivity contribution in [2.24, 2.45) is 5.92 Å². The van der Waals surface area contributed by atoms with Crippen LogP contribution in [0.15, 0.2) is 18.2 Å². The molecule has 0 amide bonds. The van der Waals surface area contributed by atoms with Crippen LogP contribution in [-0.4, -0.2) is 6.04 Å². The molecule has 1 aromatic carbocycles. The molecule has 1 aliphatic carbocycles. The summed E-state index contributed by atoms with van der Waals surface area (Å²) in [5.74, 6) is 0.718. The van der Waals surface area contributed by atoms with Gasteiger partial charge in [0.05, 0.1) is 5.69 Å². The maximum Gasteiger partial charge on any atom is 0.146 e. The topological polar surface area (TPSA) is 12.0 Å². The number of hydrogen-bond donors (Lipinski definition) is 1. The number of nitrogens with one attached hydrogen (secondary N) is 1. The van der Waals surface area contributed by atoms with E-state index in [-0.39, 0.29) is 5.82 Å². The van der Waals surface area contributed by atoms with E-state index in [2.05, 4.69) is 5.32 Å². The zero-order valence-electron chi connectivity index (χ0n) is 8.09. The number of halogens is 1. The molecule has 74 valence electrons. The Labute approximate surface area is 83.3 Å². The first-order valence-electron chi connectivity index (χ1n) is 5.38. The van der Waals surface area contributed by atoms with Crippen molar-refractivity contribution < 1.29 is 4.39 Å². The molecule has 0 bridgehead atoms. The van der Waals surface area contributed by atoms with Crippen LogP contribution in [0.1, 0.15) is 24.8 Å². The molecule has 0 radical (unpaired) electrons. The van der Waals surface area contributed by atoms with E-state index < -0.39 is 0 Å². The zero-order valence-corrected chi connectivity index (χ0v) is 8.09. The predicted molar refractivity (Wildman–Crippen MR) is 54.9 cm³/mol.